The smallest absolute Gasteiger partial charge is 0.0512 e. The summed E-state index contributed by atoms with van der Waals surface area (Å²) in [5, 5.41) is 18.5. The van der Waals surface area contributed by atoms with Crippen molar-refractivity contribution in [2.45, 2.75) is 27.2 Å². The predicted octanol–water partition coefficient (Wildman–Crippen LogP) is 1.04. The number of aliphatic hydroxyl groups excluding tert-OH is 2. The average Bonchev–Trinajstić information content (AvgIpc) is 2.13. The first-order chi connectivity index (χ1) is 6.13. The minimum absolute atomic E-state index is 0.0221. The molecule has 0 atom stereocenters. The van der Waals surface area contributed by atoms with E-state index in [0.717, 1.165) is 0 Å². The molecule has 13 heavy (non-hydrogen) atoms. The Balaban J connectivity index is 4.06. The summed E-state index contributed by atoms with van der Waals surface area (Å²) in [5.74, 6) is 0.267. The van der Waals surface area contributed by atoms with Crippen molar-refractivity contribution in [2.75, 3.05) is 26.4 Å². The lowest BCUT2D eigenvalue weighted by atomic mass is 9.76. The van der Waals surface area contributed by atoms with Crippen LogP contribution in [0.15, 0.2) is 0 Å². The van der Waals surface area contributed by atoms with Crippen LogP contribution in [0, 0.1) is 11.3 Å². The molecule has 2 N–H and O–H groups in total. The van der Waals surface area contributed by atoms with Crippen LogP contribution < -0.4 is 0 Å². The van der Waals surface area contributed by atoms with E-state index in [9.17, 15) is 10.2 Å². The predicted molar refractivity (Wildman–Crippen MR) is 52.6 cm³/mol. The van der Waals surface area contributed by atoms with Gasteiger partial charge >= 0.3 is 0 Å². The zero-order valence-electron chi connectivity index (χ0n) is 8.92. The second kappa shape index (κ2) is 6.35. The highest BCUT2D eigenvalue weighted by Crippen LogP contribution is 2.30. The van der Waals surface area contributed by atoms with Gasteiger partial charge in [-0.15, -0.1) is 0 Å². The van der Waals surface area contributed by atoms with Gasteiger partial charge in [-0.3, -0.25) is 0 Å². The molecular weight excluding hydrogens is 168 g/mol. The van der Waals surface area contributed by atoms with Gasteiger partial charge in [-0.1, -0.05) is 13.8 Å². The molecule has 0 amide bonds. The van der Waals surface area contributed by atoms with E-state index in [0.29, 0.717) is 19.6 Å². The molecule has 0 fully saturated rings. The van der Waals surface area contributed by atoms with Gasteiger partial charge in [-0.25, -0.2) is 0 Å². The molecular formula is C10H22O3. The molecule has 0 aliphatic rings. The van der Waals surface area contributed by atoms with Gasteiger partial charge in [0.25, 0.3) is 0 Å². The fraction of sp³-hybridized carbons (Fsp3) is 1.00. The lowest BCUT2D eigenvalue weighted by Crippen LogP contribution is -2.36. The van der Waals surface area contributed by atoms with Gasteiger partial charge in [0.05, 0.1) is 13.2 Å². The first kappa shape index (κ1) is 12.9. The summed E-state index contributed by atoms with van der Waals surface area (Å²) < 4.78 is 5.22. The molecule has 0 radical (unpaired) electrons. The fourth-order valence-corrected chi connectivity index (χ4v) is 1.28. The van der Waals surface area contributed by atoms with Gasteiger partial charge in [0, 0.05) is 18.6 Å². The Morgan fingerprint density at radius 2 is 1.77 bits per heavy atom. The first-order valence-corrected chi connectivity index (χ1v) is 4.92. The molecule has 0 aromatic carbocycles. The average molecular weight is 190 g/mol. The molecule has 0 saturated carbocycles. The van der Waals surface area contributed by atoms with Gasteiger partial charge in [-0.2, -0.15) is 0 Å². The minimum Gasteiger partial charge on any atom is -0.396 e. The van der Waals surface area contributed by atoms with E-state index in [4.69, 9.17) is 4.74 Å². The Morgan fingerprint density at radius 1 is 1.23 bits per heavy atom. The summed E-state index contributed by atoms with van der Waals surface area (Å²) in [6, 6.07) is 0. The Labute approximate surface area is 80.7 Å². The van der Waals surface area contributed by atoms with Gasteiger partial charge in [0.2, 0.25) is 0 Å². The van der Waals surface area contributed by atoms with Crippen molar-refractivity contribution < 1.29 is 14.9 Å². The van der Waals surface area contributed by atoms with E-state index in [1.807, 2.05) is 20.8 Å². The standard InChI is InChI=1S/C10H22O3/c1-4-13-6-5-10(7-11,8-12)9(2)3/h9,11-12H,4-8H2,1-3H3. The van der Waals surface area contributed by atoms with Crippen molar-refractivity contribution in [2.24, 2.45) is 11.3 Å². The SMILES string of the molecule is CCOCCC(CO)(CO)C(C)C. The highest BCUT2D eigenvalue weighted by Gasteiger charge is 2.31. The van der Waals surface area contributed by atoms with Crippen LogP contribution in [0.2, 0.25) is 0 Å². The van der Waals surface area contributed by atoms with Crippen molar-refractivity contribution in [3.8, 4) is 0 Å². The number of ether oxygens (including phenoxy) is 1. The molecule has 80 valence electrons. The van der Waals surface area contributed by atoms with Crippen LogP contribution in [0.1, 0.15) is 27.2 Å². The van der Waals surface area contributed by atoms with Crippen LogP contribution in [-0.2, 0) is 4.74 Å². The van der Waals surface area contributed by atoms with Crippen molar-refractivity contribution in [1.29, 1.82) is 0 Å². The van der Waals surface area contributed by atoms with Crippen molar-refractivity contribution >= 4 is 0 Å². The Hall–Kier alpha value is -0.120. The van der Waals surface area contributed by atoms with E-state index in [1.165, 1.54) is 0 Å². The van der Waals surface area contributed by atoms with Crippen LogP contribution in [0.3, 0.4) is 0 Å². The first-order valence-electron chi connectivity index (χ1n) is 4.92. The van der Waals surface area contributed by atoms with E-state index in [-0.39, 0.29) is 24.5 Å². The van der Waals surface area contributed by atoms with Gasteiger partial charge in [0.15, 0.2) is 0 Å². The fourth-order valence-electron chi connectivity index (χ4n) is 1.28. The maximum atomic E-state index is 9.23. The summed E-state index contributed by atoms with van der Waals surface area (Å²) in [7, 11) is 0. The summed E-state index contributed by atoms with van der Waals surface area (Å²) in [5.41, 5.74) is -0.380. The zero-order chi connectivity index (χ0) is 10.3. The van der Waals surface area contributed by atoms with Crippen LogP contribution in [0.4, 0.5) is 0 Å². The van der Waals surface area contributed by atoms with E-state index < -0.39 is 0 Å². The molecule has 0 heterocycles. The van der Waals surface area contributed by atoms with Crippen LogP contribution in [0.25, 0.3) is 0 Å². The zero-order valence-corrected chi connectivity index (χ0v) is 8.92. The van der Waals surface area contributed by atoms with E-state index >= 15 is 0 Å². The quantitative estimate of drug-likeness (QED) is 0.590. The monoisotopic (exact) mass is 190 g/mol. The lowest BCUT2D eigenvalue weighted by Gasteiger charge is -2.33. The molecule has 0 spiro atoms. The molecule has 0 aromatic heterocycles. The third kappa shape index (κ3) is 3.63. The lowest BCUT2D eigenvalue weighted by molar-refractivity contribution is -0.0137. The second-order valence-electron chi connectivity index (χ2n) is 3.78. The summed E-state index contributed by atoms with van der Waals surface area (Å²) in [4.78, 5) is 0. The molecule has 0 bridgehead atoms. The van der Waals surface area contributed by atoms with E-state index in [1.54, 1.807) is 0 Å². The summed E-state index contributed by atoms with van der Waals surface area (Å²) in [6.45, 7) is 7.30. The van der Waals surface area contributed by atoms with Gasteiger partial charge < -0.3 is 14.9 Å². The highest BCUT2D eigenvalue weighted by molar-refractivity contribution is 4.80. The molecule has 0 saturated heterocycles. The third-order valence-electron chi connectivity index (χ3n) is 2.80. The molecule has 0 rings (SSSR count). The minimum atomic E-state index is -0.380. The number of aliphatic hydroxyl groups is 2. The number of hydrogen-bond acceptors (Lipinski definition) is 3. The molecule has 0 unspecified atom stereocenters. The van der Waals surface area contributed by atoms with Crippen LogP contribution in [0.5, 0.6) is 0 Å². The maximum Gasteiger partial charge on any atom is 0.0512 e. The number of rotatable bonds is 7. The van der Waals surface area contributed by atoms with Crippen molar-refractivity contribution in [3.05, 3.63) is 0 Å². The molecule has 3 heteroatoms. The molecule has 0 aliphatic heterocycles. The summed E-state index contributed by atoms with van der Waals surface area (Å²) >= 11 is 0. The third-order valence-corrected chi connectivity index (χ3v) is 2.80. The highest BCUT2D eigenvalue weighted by atomic mass is 16.5. The van der Waals surface area contributed by atoms with Crippen molar-refractivity contribution in [1.82, 2.24) is 0 Å². The Bertz CT molecular complexity index is 119. The van der Waals surface area contributed by atoms with Gasteiger partial charge in [0.1, 0.15) is 0 Å². The maximum absolute atomic E-state index is 9.23. The molecule has 0 aromatic rings. The normalized spacial score (nSPS) is 12.5. The van der Waals surface area contributed by atoms with Crippen molar-refractivity contribution in [3.63, 3.8) is 0 Å². The largest absolute Gasteiger partial charge is 0.396 e. The van der Waals surface area contributed by atoms with Gasteiger partial charge in [-0.05, 0) is 19.3 Å². The molecule has 3 nitrogen and oxygen atoms in total. The van der Waals surface area contributed by atoms with Crippen LogP contribution >= 0.6 is 0 Å². The topological polar surface area (TPSA) is 49.7 Å². The second-order valence-corrected chi connectivity index (χ2v) is 3.78. The number of hydrogen-bond donors (Lipinski definition) is 2. The molecule has 0 aliphatic carbocycles. The van der Waals surface area contributed by atoms with E-state index in [2.05, 4.69) is 0 Å². The Kier molecular flexibility index (Phi) is 6.29. The van der Waals surface area contributed by atoms with Crippen LogP contribution in [-0.4, -0.2) is 36.6 Å². The summed E-state index contributed by atoms with van der Waals surface area (Å²) in [6.07, 6.45) is 0.714. The Morgan fingerprint density at radius 3 is 2.08 bits per heavy atom.